The lowest BCUT2D eigenvalue weighted by atomic mass is 10.0. The van der Waals surface area contributed by atoms with E-state index in [-0.39, 0.29) is 0 Å². The number of nitrogens with zero attached hydrogens (tertiary/aromatic N) is 1. The quantitative estimate of drug-likeness (QED) is 0.763. The maximum atomic E-state index is 4.43. The van der Waals surface area contributed by atoms with Crippen LogP contribution in [0.5, 0.6) is 0 Å². The number of fused-ring (bicyclic) bond motifs is 1. The second-order valence-electron chi connectivity index (χ2n) is 4.45. The van der Waals surface area contributed by atoms with Gasteiger partial charge in [0.15, 0.2) is 0 Å². The predicted molar refractivity (Wildman–Crippen MR) is 64.0 cm³/mol. The summed E-state index contributed by atoms with van der Waals surface area (Å²) in [7, 11) is 0. The highest BCUT2D eigenvalue weighted by Crippen LogP contribution is 2.29. The second-order valence-corrected chi connectivity index (χ2v) is 4.45. The number of benzene rings is 1. The van der Waals surface area contributed by atoms with Crippen LogP contribution in [0.4, 0.5) is 0 Å². The fraction of sp³-hybridized carbons (Fsp3) is 0.308. The summed E-state index contributed by atoms with van der Waals surface area (Å²) in [6, 6.07) is 6.52. The maximum Gasteiger partial charge on any atom is 0.0971 e. The van der Waals surface area contributed by atoms with E-state index >= 15 is 0 Å². The Morgan fingerprint density at radius 2 is 2.06 bits per heavy atom. The molecule has 1 aromatic heterocycles. The Kier molecular flexibility index (Phi) is 2.07. The van der Waals surface area contributed by atoms with Gasteiger partial charge in [0.25, 0.3) is 0 Å². The van der Waals surface area contributed by atoms with E-state index in [1.54, 1.807) is 0 Å². The number of hydrogen-bond donors (Lipinski definition) is 2. The third-order valence-electron chi connectivity index (χ3n) is 3.19. The van der Waals surface area contributed by atoms with Crippen molar-refractivity contribution in [3.63, 3.8) is 0 Å². The minimum atomic E-state index is 0.910. The minimum absolute atomic E-state index is 0.910. The van der Waals surface area contributed by atoms with E-state index in [0.29, 0.717) is 0 Å². The molecule has 3 rings (SSSR count). The number of H-pyrrole nitrogens is 1. The van der Waals surface area contributed by atoms with Gasteiger partial charge < -0.3 is 5.32 Å². The molecule has 0 spiro atoms. The number of nitrogens with one attached hydrogen (secondary N) is 2. The van der Waals surface area contributed by atoms with Gasteiger partial charge in [0.2, 0.25) is 0 Å². The highest BCUT2D eigenvalue weighted by Gasteiger charge is 2.19. The van der Waals surface area contributed by atoms with E-state index in [2.05, 4.69) is 47.6 Å². The highest BCUT2D eigenvalue weighted by molar-refractivity contribution is 5.68. The third-order valence-corrected chi connectivity index (χ3v) is 3.19. The Balaban J connectivity index is 2.15. The molecule has 1 aliphatic rings. The normalized spacial score (nSPS) is 14.1. The summed E-state index contributed by atoms with van der Waals surface area (Å²) < 4.78 is 0. The van der Waals surface area contributed by atoms with Crippen LogP contribution >= 0.6 is 0 Å². The molecular weight excluding hydrogens is 198 g/mol. The van der Waals surface area contributed by atoms with Crippen molar-refractivity contribution in [3.8, 4) is 11.3 Å². The molecule has 2 N–H and O–H groups in total. The molecule has 0 bridgehead atoms. The predicted octanol–water partition coefficient (Wildman–Crippen LogP) is 2.30. The second kappa shape index (κ2) is 3.46. The van der Waals surface area contributed by atoms with Crippen molar-refractivity contribution in [2.75, 3.05) is 0 Å². The van der Waals surface area contributed by atoms with Gasteiger partial charge in [-0.3, -0.25) is 5.10 Å². The first-order valence-corrected chi connectivity index (χ1v) is 5.60. The molecule has 1 aliphatic heterocycles. The van der Waals surface area contributed by atoms with Crippen LogP contribution in [-0.2, 0) is 13.1 Å². The smallest absolute Gasteiger partial charge is 0.0971 e. The minimum Gasteiger partial charge on any atom is -0.307 e. The Labute approximate surface area is 94.9 Å². The number of aromatic amines is 1. The SMILES string of the molecule is Cc1ccc(-c2n[nH]c3c2CNC3)c(C)c1. The van der Waals surface area contributed by atoms with Crippen LogP contribution in [0.15, 0.2) is 18.2 Å². The van der Waals surface area contributed by atoms with Gasteiger partial charge in [0.05, 0.1) is 11.4 Å². The molecule has 0 fully saturated rings. The summed E-state index contributed by atoms with van der Waals surface area (Å²) in [6.45, 7) is 6.10. The van der Waals surface area contributed by atoms with Crippen LogP contribution < -0.4 is 5.32 Å². The highest BCUT2D eigenvalue weighted by atomic mass is 15.2. The van der Waals surface area contributed by atoms with Crippen LogP contribution in [0.3, 0.4) is 0 Å². The van der Waals surface area contributed by atoms with Gasteiger partial charge >= 0.3 is 0 Å². The van der Waals surface area contributed by atoms with Crippen LogP contribution in [0.1, 0.15) is 22.4 Å². The van der Waals surface area contributed by atoms with Crippen molar-refractivity contribution in [2.24, 2.45) is 0 Å². The van der Waals surface area contributed by atoms with Crippen LogP contribution in [0.2, 0.25) is 0 Å². The Hall–Kier alpha value is -1.61. The van der Waals surface area contributed by atoms with Crippen molar-refractivity contribution in [3.05, 3.63) is 40.6 Å². The van der Waals surface area contributed by atoms with Crippen molar-refractivity contribution in [1.82, 2.24) is 15.5 Å². The first kappa shape index (κ1) is 9.60. The summed E-state index contributed by atoms with van der Waals surface area (Å²) in [5.74, 6) is 0. The molecule has 3 nitrogen and oxygen atoms in total. The van der Waals surface area contributed by atoms with Gasteiger partial charge in [0, 0.05) is 24.2 Å². The molecular formula is C13H15N3. The average molecular weight is 213 g/mol. The summed E-state index contributed by atoms with van der Waals surface area (Å²) in [6.07, 6.45) is 0. The molecule has 0 aliphatic carbocycles. The zero-order chi connectivity index (χ0) is 11.1. The maximum absolute atomic E-state index is 4.43. The lowest BCUT2D eigenvalue weighted by Gasteiger charge is -2.05. The molecule has 0 radical (unpaired) electrons. The van der Waals surface area contributed by atoms with Gasteiger partial charge in [-0.25, -0.2) is 0 Å². The van der Waals surface area contributed by atoms with Crippen molar-refractivity contribution < 1.29 is 0 Å². The van der Waals surface area contributed by atoms with Crippen molar-refractivity contribution in [2.45, 2.75) is 26.9 Å². The Morgan fingerprint density at radius 3 is 2.88 bits per heavy atom. The topological polar surface area (TPSA) is 40.7 Å². The van der Waals surface area contributed by atoms with Gasteiger partial charge in [-0.1, -0.05) is 23.8 Å². The van der Waals surface area contributed by atoms with Crippen molar-refractivity contribution in [1.29, 1.82) is 0 Å². The molecule has 82 valence electrons. The molecule has 1 aromatic carbocycles. The largest absolute Gasteiger partial charge is 0.307 e. The number of aryl methyl sites for hydroxylation is 2. The van der Waals surface area contributed by atoms with E-state index in [1.807, 2.05) is 0 Å². The molecule has 0 amide bonds. The first-order valence-electron chi connectivity index (χ1n) is 5.60. The van der Waals surface area contributed by atoms with Crippen LogP contribution in [0.25, 0.3) is 11.3 Å². The monoisotopic (exact) mass is 213 g/mol. The Bertz CT molecular complexity index is 540. The van der Waals surface area contributed by atoms with E-state index < -0.39 is 0 Å². The summed E-state index contributed by atoms with van der Waals surface area (Å²) in [4.78, 5) is 0. The van der Waals surface area contributed by atoms with Crippen LogP contribution in [0, 0.1) is 13.8 Å². The summed E-state index contributed by atoms with van der Waals surface area (Å²) >= 11 is 0. The lowest BCUT2D eigenvalue weighted by Crippen LogP contribution is -2.03. The molecule has 0 atom stereocenters. The molecule has 2 heterocycles. The zero-order valence-corrected chi connectivity index (χ0v) is 9.59. The van der Waals surface area contributed by atoms with Gasteiger partial charge in [-0.2, -0.15) is 5.10 Å². The van der Waals surface area contributed by atoms with E-state index in [1.165, 1.54) is 27.9 Å². The van der Waals surface area contributed by atoms with E-state index in [9.17, 15) is 0 Å². The summed E-state index contributed by atoms with van der Waals surface area (Å²) in [5.41, 5.74) is 7.50. The Morgan fingerprint density at radius 1 is 1.19 bits per heavy atom. The first-order chi connectivity index (χ1) is 7.75. The standard InChI is InChI=1S/C13H15N3/c1-8-3-4-10(9(2)5-8)13-11-6-14-7-12(11)15-16-13/h3-5,14H,6-7H2,1-2H3,(H,15,16). The van der Waals surface area contributed by atoms with Gasteiger partial charge in [0.1, 0.15) is 0 Å². The molecule has 3 heteroatoms. The fourth-order valence-corrected chi connectivity index (χ4v) is 2.35. The van der Waals surface area contributed by atoms with Crippen molar-refractivity contribution >= 4 is 0 Å². The fourth-order valence-electron chi connectivity index (χ4n) is 2.35. The molecule has 16 heavy (non-hydrogen) atoms. The zero-order valence-electron chi connectivity index (χ0n) is 9.59. The molecule has 2 aromatic rings. The summed E-state index contributed by atoms with van der Waals surface area (Å²) in [5, 5.41) is 10.9. The van der Waals surface area contributed by atoms with Gasteiger partial charge in [-0.05, 0) is 19.4 Å². The third kappa shape index (κ3) is 1.36. The lowest BCUT2D eigenvalue weighted by molar-refractivity contribution is 0.743. The molecule has 0 saturated carbocycles. The number of aromatic nitrogens is 2. The van der Waals surface area contributed by atoms with E-state index in [4.69, 9.17) is 0 Å². The molecule has 0 unspecified atom stereocenters. The molecule has 0 saturated heterocycles. The number of rotatable bonds is 1. The number of hydrogen-bond acceptors (Lipinski definition) is 2. The van der Waals surface area contributed by atoms with Crippen LogP contribution in [-0.4, -0.2) is 10.2 Å². The van der Waals surface area contributed by atoms with Gasteiger partial charge in [-0.15, -0.1) is 0 Å². The average Bonchev–Trinajstić information content (AvgIpc) is 2.80. The van der Waals surface area contributed by atoms with E-state index in [0.717, 1.165) is 18.8 Å².